The van der Waals surface area contributed by atoms with Crippen LogP contribution in [0, 0.1) is 17.8 Å². The van der Waals surface area contributed by atoms with E-state index < -0.39 is 0 Å². The molecule has 0 fully saturated rings. The number of unbranched alkanes of at least 4 members (excludes halogenated alkanes) is 1. The summed E-state index contributed by atoms with van der Waals surface area (Å²) in [5.41, 5.74) is 13.3. The zero-order valence-corrected chi connectivity index (χ0v) is 18.0. The van der Waals surface area contributed by atoms with E-state index in [1.807, 2.05) is 0 Å². The standard InChI is InChI=1S/C23H48N2/c1-6-11-22(16-20(5)17-23(25)18-24)15-10-14-21(7-2)13-9-8-12-19(3)4/h11,19-21,23H,6-10,12-18,24-25H2,1-5H3. The molecule has 0 heterocycles. The summed E-state index contributed by atoms with van der Waals surface area (Å²) in [5.74, 6) is 2.43. The van der Waals surface area contributed by atoms with Gasteiger partial charge in [0, 0.05) is 12.6 Å². The van der Waals surface area contributed by atoms with Gasteiger partial charge in [-0.1, -0.05) is 84.8 Å². The highest BCUT2D eigenvalue weighted by Crippen LogP contribution is 2.25. The van der Waals surface area contributed by atoms with Crippen molar-refractivity contribution < 1.29 is 0 Å². The molecule has 0 aliphatic carbocycles. The first-order chi connectivity index (χ1) is 11.9. The Bertz CT molecular complexity index is 322. The Morgan fingerprint density at radius 3 is 2.16 bits per heavy atom. The van der Waals surface area contributed by atoms with Crippen LogP contribution in [0.5, 0.6) is 0 Å². The van der Waals surface area contributed by atoms with E-state index in [0.29, 0.717) is 12.5 Å². The van der Waals surface area contributed by atoms with Gasteiger partial charge in [0.1, 0.15) is 0 Å². The predicted molar refractivity (Wildman–Crippen MR) is 115 cm³/mol. The van der Waals surface area contributed by atoms with Crippen LogP contribution in [0.2, 0.25) is 0 Å². The lowest BCUT2D eigenvalue weighted by Crippen LogP contribution is -2.31. The van der Waals surface area contributed by atoms with E-state index in [1.54, 1.807) is 5.57 Å². The molecule has 0 aliphatic heterocycles. The molecule has 0 rings (SSSR count). The molecule has 0 aromatic heterocycles. The van der Waals surface area contributed by atoms with Gasteiger partial charge < -0.3 is 11.5 Å². The molecule has 0 radical (unpaired) electrons. The SMILES string of the molecule is CCC=C(CCCC(CC)CCCCC(C)C)CC(C)CC(N)CN. The topological polar surface area (TPSA) is 52.0 Å². The Labute approximate surface area is 159 Å². The maximum absolute atomic E-state index is 6.01. The fourth-order valence-electron chi connectivity index (χ4n) is 3.88. The maximum Gasteiger partial charge on any atom is 0.0165 e. The molecule has 3 atom stereocenters. The lowest BCUT2D eigenvalue weighted by molar-refractivity contribution is 0.391. The van der Waals surface area contributed by atoms with Crippen LogP contribution in [0.1, 0.15) is 105 Å². The summed E-state index contributed by atoms with van der Waals surface area (Å²) in [4.78, 5) is 0. The van der Waals surface area contributed by atoms with E-state index in [4.69, 9.17) is 11.5 Å². The number of hydrogen-bond acceptors (Lipinski definition) is 2. The summed E-state index contributed by atoms with van der Waals surface area (Å²) in [6.07, 6.45) is 16.9. The smallest absolute Gasteiger partial charge is 0.0165 e. The third-order valence-electron chi connectivity index (χ3n) is 5.44. The van der Waals surface area contributed by atoms with Gasteiger partial charge in [0.25, 0.3) is 0 Å². The normalized spacial score (nSPS) is 16.2. The van der Waals surface area contributed by atoms with Gasteiger partial charge in [-0.15, -0.1) is 0 Å². The molecule has 0 saturated heterocycles. The highest BCUT2D eigenvalue weighted by Gasteiger charge is 2.11. The lowest BCUT2D eigenvalue weighted by Gasteiger charge is -2.19. The van der Waals surface area contributed by atoms with E-state index in [2.05, 4.69) is 40.7 Å². The number of rotatable bonds is 16. The Morgan fingerprint density at radius 2 is 1.60 bits per heavy atom. The minimum Gasteiger partial charge on any atom is -0.329 e. The summed E-state index contributed by atoms with van der Waals surface area (Å²) in [6, 6.07) is 0.160. The van der Waals surface area contributed by atoms with Crippen molar-refractivity contribution >= 4 is 0 Å². The van der Waals surface area contributed by atoms with Gasteiger partial charge >= 0.3 is 0 Å². The Kier molecular flexibility index (Phi) is 15.7. The third-order valence-corrected chi connectivity index (χ3v) is 5.44. The van der Waals surface area contributed by atoms with E-state index in [-0.39, 0.29) is 6.04 Å². The first-order valence-electron chi connectivity index (χ1n) is 11.1. The van der Waals surface area contributed by atoms with Crippen LogP contribution in [0.25, 0.3) is 0 Å². The summed E-state index contributed by atoms with van der Waals surface area (Å²) in [5, 5.41) is 0. The molecule has 25 heavy (non-hydrogen) atoms. The molecule has 0 saturated carbocycles. The van der Waals surface area contributed by atoms with E-state index in [1.165, 1.54) is 57.8 Å². The first-order valence-corrected chi connectivity index (χ1v) is 11.1. The number of hydrogen-bond donors (Lipinski definition) is 2. The predicted octanol–water partition coefficient (Wildman–Crippen LogP) is 6.44. The van der Waals surface area contributed by atoms with Crippen molar-refractivity contribution in [3.63, 3.8) is 0 Å². The molecule has 0 amide bonds. The molecule has 0 aliphatic rings. The summed E-state index contributed by atoms with van der Waals surface area (Å²) in [6.45, 7) is 12.2. The maximum atomic E-state index is 6.01. The van der Waals surface area contributed by atoms with Gasteiger partial charge in [-0.3, -0.25) is 0 Å². The van der Waals surface area contributed by atoms with Crippen molar-refractivity contribution in [2.45, 2.75) is 111 Å². The summed E-state index contributed by atoms with van der Waals surface area (Å²) < 4.78 is 0. The highest BCUT2D eigenvalue weighted by atomic mass is 14.7. The number of nitrogens with two attached hydrogens (primary N) is 2. The fourth-order valence-corrected chi connectivity index (χ4v) is 3.88. The first kappa shape index (κ1) is 24.7. The van der Waals surface area contributed by atoms with Crippen LogP contribution in [-0.4, -0.2) is 12.6 Å². The monoisotopic (exact) mass is 352 g/mol. The minimum atomic E-state index is 0.160. The number of allylic oxidation sites excluding steroid dienone is 2. The molecule has 2 nitrogen and oxygen atoms in total. The zero-order valence-electron chi connectivity index (χ0n) is 18.0. The second kappa shape index (κ2) is 15.9. The molecular weight excluding hydrogens is 304 g/mol. The summed E-state index contributed by atoms with van der Waals surface area (Å²) >= 11 is 0. The van der Waals surface area contributed by atoms with E-state index in [9.17, 15) is 0 Å². The van der Waals surface area contributed by atoms with Crippen molar-refractivity contribution in [1.82, 2.24) is 0 Å². The molecule has 0 aromatic carbocycles. The third kappa shape index (κ3) is 14.5. The zero-order chi connectivity index (χ0) is 19.1. The Morgan fingerprint density at radius 1 is 0.960 bits per heavy atom. The second-order valence-electron chi connectivity index (χ2n) is 8.66. The second-order valence-corrected chi connectivity index (χ2v) is 8.66. The Hall–Kier alpha value is -0.340. The van der Waals surface area contributed by atoms with Crippen molar-refractivity contribution in [2.24, 2.45) is 29.2 Å². The van der Waals surface area contributed by atoms with Gasteiger partial charge in [-0.2, -0.15) is 0 Å². The molecule has 0 spiro atoms. The lowest BCUT2D eigenvalue weighted by atomic mass is 9.88. The van der Waals surface area contributed by atoms with Crippen molar-refractivity contribution in [2.75, 3.05) is 6.54 Å². The minimum absolute atomic E-state index is 0.160. The van der Waals surface area contributed by atoms with Crippen LogP contribution >= 0.6 is 0 Å². The molecule has 4 N–H and O–H groups in total. The van der Waals surface area contributed by atoms with Gasteiger partial charge in [0.15, 0.2) is 0 Å². The van der Waals surface area contributed by atoms with Gasteiger partial charge in [0.2, 0.25) is 0 Å². The average Bonchev–Trinajstić information content (AvgIpc) is 2.56. The van der Waals surface area contributed by atoms with Crippen molar-refractivity contribution in [3.05, 3.63) is 11.6 Å². The van der Waals surface area contributed by atoms with E-state index >= 15 is 0 Å². The molecule has 0 aromatic rings. The molecular formula is C23H48N2. The van der Waals surface area contributed by atoms with Crippen LogP contribution in [0.15, 0.2) is 11.6 Å². The van der Waals surface area contributed by atoms with Gasteiger partial charge in [-0.25, -0.2) is 0 Å². The largest absolute Gasteiger partial charge is 0.329 e. The highest BCUT2D eigenvalue weighted by molar-refractivity contribution is 5.03. The molecule has 3 unspecified atom stereocenters. The fraction of sp³-hybridized carbons (Fsp3) is 0.913. The van der Waals surface area contributed by atoms with E-state index in [0.717, 1.165) is 24.7 Å². The quantitative estimate of drug-likeness (QED) is 0.248. The molecule has 2 heteroatoms. The molecule has 150 valence electrons. The van der Waals surface area contributed by atoms with Crippen LogP contribution < -0.4 is 11.5 Å². The van der Waals surface area contributed by atoms with Gasteiger partial charge in [-0.05, 0) is 49.9 Å². The van der Waals surface area contributed by atoms with Gasteiger partial charge in [0.05, 0.1) is 0 Å². The van der Waals surface area contributed by atoms with Crippen molar-refractivity contribution in [3.8, 4) is 0 Å². The molecule has 0 bridgehead atoms. The van der Waals surface area contributed by atoms with Crippen LogP contribution in [0.3, 0.4) is 0 Å². The summed E-state index contributed by atoms with van der Waals surface area (Å²) in [7, 11) is 0. The average molecular weight is 353 g/mol. The Balaban J connectivity index is 4.13. The van der Waals surface area contributed by atoms with Crippen LogP contribution in [-0.2, 0) is 0 Å². The van der Waals surface area contributed by atoms with Crippen LogP contribution in [0.4, 0.5) is 0 Å². The van der Waals surface area contributed by atoms with Crippen molar-refractivity contribution in [1.29, 1.82) is 0 Å².